The topological polar surface area (TPSA) is 62.2 Å². The molecule has 0 saturated heterocycles. The maximum atomic E-state index is 12.1. The first kappa shape index (κ1) is 14.3. The highest BCUT2D eigenvalue weighted by molar-refractivity contribution is 6.33. The minimum absolute atomic E-state index is 0.00614. The van der Waals surface area contributed by atoms with Gasteiger partial charge < -0.3 is 10.4 Å². The van der Waals surface area contributed by atoms with Crippen molar-refractivity contribution in [3.63, 3.8) is 0 Å². The Bertz CT molecular complexity index is 629. The van der Waals surface area contributed by atoms with Crippen LogP contribution in [0.25, 0.3) is 0 Å². The monoisotopic (exact) mass is 290 g/mol. The lowest BCUT2D eigenvalue weighted by Gasteiger charge is -2.09. The zero-order valence-corrected chi connectivity index (χ0v) is 11.8. The number of aromatic nitrogens is 1. The molecule has 0 saturated carbocycles. The van der Waals surface area contributed by atoms with Gasteiger partial charge in [-0.25, -0.2) is 0 Å². The first-order chi connectivity index (χ1) is 9.61. The number of amides is 1. The third-order valence-corrected chi connectivity index (χ3v) is 3.31. The smallest absolute Gasteiger partial charge is 0.253 e. The number of aromatic hydroxyl groups is 1. The van der Waals surface area contributed by atoms with E-state index >= 15 is 0 Å². The number of hydrogen-bond donors (Lipinski definition) is 2. The van der Waals surface area contributed by atoms with Crippen molar-refractivity contribution in [1.82, 2.24) is 10.3 Å². The van der Waals surface area contributed by atoms with Crippen LogP contribution in [0.4, 0.5) is 0 Å². The summed E-state index contributed by atoms with van der Waals surface area (Å²) in [6, 6.07) is 8.12. The van der Waals surface area contributed by atoms with Gasteiger partial charge in [-0.15, -0.1) is 0 Å². The van der Waals surface area contributed by atoms with Crippen molar-refractivity contribution in [3.05, 3.63) is 58.4 Å². The molecule has 5 heteroatoms. The van der Waals surface area contributed by atoms with E-state index in [-0.39, 0.29) is 17.2 Å². The van der Waals surface area contributed by atoms with E-state index in [1.807, 2.05) is 19.1 Å². The second kappa shape index (κ2) is 6.39. The Labute approximate surface area is 122 Å². The van der Waals surface area contributed by atoms with Crippen molar-refractivity contribution in [2.75, 3.05) is 0 Å². The van der Waals surface area contributed by atoms with Gasteiger partial charge in [-0.05, 0) is 36.2 Å². The van der Waals surface area contributed by atoms with Crippen molar-refractivity contribution >= 4 is 17.5 Å². The summed E-state index contributed by atoms with van der Waals surface area (Å²) in [5, 5.41) is 12.5. The zero-order chi connectivity index (χ0) is 14.5. The Morgan fingerprint density at radius 3 is 2.95 bits per heavy atom. The Morgan fingerprint density at radius 2 is 2.20 bits per heavy atom. The second-order valence-electron chi connectivity index (χ2n) is 4.31. The molecule has 0 aliphatic carbocycles. The molecule has 0 aliphatic heterocycles. The van der Waals surface area contributed by atoms with Gasteiger partial charge in [0.05, 0.1) is 22.8 Å². The van der Waals surface area contributed by atoms with Crippen LogP contribution in [-0.4, -0.2) is 16.0 Å². The number of pyridine rings is 1. The number of benzene rings is 1. The van der Waals surface area contributed by atoms with Gasteiger partial charge in [0.2, 0.25) is 0 Å². The number of carbonyl (C=O) groups is 1. The molecule has 0 fully saturated rings. The minimum atomic E-state index is -0.335. The van der Waals surface area contributed by atoms with E-state index in [4.69, 9.17) is 11.6 Å². The molecular weight excluding hydrogens is 276 g/mol. The third-order valence-electron chi connectivity index (χ3n) is 2.98. The van der Waals surface area contributed by atoms with E-state index < -0.39 is 0 Å². The van der Waals surface area contributed by atoms with Crippen LogP contribution in [-0.2, 0) is 13.0 Å². The largest absolute Gasteiger partial charge is 0.508 e. The number of nitrogens with zero attached hydrogens (tertiary/aromatic N) is 1. The summed E-state index contributed by atoms with van der Waals surface area (Å²) in [7, 11) is 0. The fourth-order valence-electron chi connectivity index (χ4n) is 1.90. The molecule has 1 aromatic carbocycles. The molecule has 1 heterocycles. The molecule has 2 aromatic rings. The Balaban J connectivity index is 2.11. The normalized spacial score (nSPS) is 10.3. The molecule has 2 N–H and O–H groups in total. The number of phenols is 1. The maximum absolute atomic E-state index is 12.1. The standard InChI is InChI=1S/C15H15ClN2O2/c1-2-10-4-3-7-17-14(10)9-18-15(20)12-8-11(19)5-6-13(12)16/h3-8,19H,2,9H2,1H3,(H,18,20). The van der Waals surface area contributed by atoms with Crippen LogP contribution in [0.2, 0.25) is 5.02 Å². The molecule has 0 radical (unpaired) electrons. The van der Waals surface area contributed by atoms with E-state index in [1.54, 1.807) is 6.20 Å². The van der Waals surface area contributed by atoms with Crippen molar-refractivity contribution in [3.8, 4) is 5.75 Å². The summed E-state index contributed by atoms with van der Waals surface area (Å²) in [5.74, 6) is -0.328. The summed E-state index contributed by atoms with van der Waals surface area (Å²) in [6.45, 7) is 2.36. The molecule has 0 aliphatic rings. The maximum Gasteiger partial charge on any atom is 0.253 e. The summed E-state index contributed by atoms with van der Waals surface area (Å²) >= 11 is 5.94. The third kappa shape index (κ3) is 3.27. The fourth-order valence-corrected chi connectivity index (χ4v) is 2.10. The van der Waals surface area contributed by atoms with Crippen LogP contribution in [0.5, 0.6) is 5.75 Å². The van der Waals surface area contributed by atoms with Gasteiger partial charge >= 0.3 is 0 Å². The highest BCUT2D eigenvalue weighted by atomic mass is 35.5. The Hall–Kier alpha value is -2.07. The van der Waals surface area contributed by atoms with Crippen molar-refractivity contribution in [2.24, 2.45) is 0 Å². The average Bonchev–Trinajstić information content (AvgIpc) is 2.47. The molecule has 0 bridgehead atoms. The van der Waals surface area contributed by atoms with Crippen LogP contribution in [0, 0.1) is 0 Å². The molecule has 20 heavy (non-hydrogen) atoms. The Morgan fingerprint density at radius 1 is 1.40 bits per heavy atom. The van der Waals surface area contributed by atoms with E-state index in [9.17, 15) is 9.90 Å². The van der Waals surface area contributed by atoms with E-state index in [0.717, 1.165) is 17.7 Å². The van der Waals surface area contributed by atoms with Gasteiger partial charge in [0.25, 0.3) is 5.91 Å². The molecule has 104 valence electrons. The number of phenolic OH excluding ortho intramolecular Hbond substituents is 1. The number of hydrogen-bond acceptors (Lipinski definition) is 3. The van der Waals surface area contributed by atoms with Gasteiger partial charge in [0, 0.05) is 6.20 Å². The first-order valence-electron chi connectivity index (χ1n) is 6.31. The molecule has 1 amide bonds. The molecule has 2 rings (SSSR count). The summed E-state index contributed by atoms with van der Waals surface area (Å²) < 4.78 is 0. The molecule has 0 spiro atoms. The molecular formula is C15H15ClN2O2. The van der Waals surface area contributed by atoms with Gasteiger partial charge in [-0.2, -0.15) is 0 Å². The molecule has 0 unspecified atom stereocenters. The van der Waals surface area contributed by atoms with Gasteiger partial charge in [0.1, 0.15) is 5.75 Å². The van der Waals surface area contributed by atoms with E-state index in [0.29, 0.717) is 11.6 Å². The zero-order valence-electron chi connectivity index (χ0n) is 11.1. The van der Waals surface area contributed by atoms with Gasteiger partial charge in [-0.3, -0.25) is 9.78 Å². The lowest BCUT2D eigenvalue weighted by atomic mass is 10.1. The number of carbonyl (C=O) groups excluding carboxylic acids is 1. The van der Waals surface area contributed by atoms with Gasteiger partial charge in [0.15, 0.2) is 0 Å². The predicted molar refractivity (Wildman–Crippen MR) is 77.9 cm³/mol. The average molecular weight is 291 g/mol. The van der Waals surface area contributed by atoms with E-state index in [1.165, 1.54) is 18.2 Å². The predicted octanol–water partition coefficient (Wildman–Crippen LogP) is 2.93. The highest BCUT2D eigenvalue weighted by Gasteiger charge is 2.12. The van der Waals surface area contributed by atoms with Gasteiger partial charge in [-0.1, -0.05) is 24.6 Å². The Kier molecular flexibility index (Phi) is 4.58. The van der Waals surface area contributed by atoms with Crippen LogP contribution in [0.3, 0.4) is 0 Å². The number of aryl methyl sites for hydroxylation is 1. The van der Waals surface area contributed by atoms with Crippen LogP contribution in [0.15, 0.2) is 36.5 Å². The number of nitrogens with one attached hydrogen (secondary N) is 1. The van der Waals surface area contributed by atoms with Crippen molar-refractivity contribution in [2.45, 2.75) is 19.9 Å². The first-order valence-corrected chi connectivity index (χ1v) is 6.69. The van der Waals surface area contributed by atoms with Crippen molar-refractivity contribution < 1.29 is 9.90 Å². The number of rotatable bonds is 4. The van der Waals surface area contributed by atoms with Crippen LogP contribution < -0.4 is 5.32 Å². The summed E-state index contributed by atoms with van der Waals surface area (Å²) in [4.78, 5) is 16.3. The fraction of sp³-hybridized carbons (Fsp3) is 0.200. The summed E-state index contributed by atoms with van der Waals surface area (Å²) in [6.07, 6.45) is 2.55. The van der Waals surface area contributed by atoms with Crippen LogP contribution in [0.1, 0.15) is 28.5 Å². The lowest BCUT2D eigenvalue weighted by molar-refractivity contribution is 0.0950. The number of halogens is 1. The minimum Gasteiger partial charge on any atom is -0.508 e. The van der Waals surface area contributed by atoms with Crippen LogP contribution >= 0.6 is 11.6 Å². The molecule has 0 atom stereocenters. The second-order valence-corrected chi connectivity index (χ2v) is 4.72. The molecule has 1 aromatic heterocycles. The van der Waals surface area contributed by atoms with Crippen molar-refractivity contribution in [1.29, 1.82) is 0 Å². The summed E-state index contributed by atoms with van der Waals surface area (Å²) in [5.41, 5.74) is 2.18. The quantitative estimate of drug-likeness (QED) is 0.910. The van der Waals surface area contributed by atoms with E-state index in [2.05, 4.69) is 10.3 Å². The highest BCUT2D eigenvalue weighted by Crippen LogP contribution is 2.21. The SMILES string of the molecule is CCc1cccnc1CNC(=O)c1cc(O)ccc1Cl. The lowest BCUT2D eigenvalue weighted by Crippen LogP contribution is -2.24. The molecule has 4 nitrogen and oxygen atoms in total.